The maximum atomic E-state index is 13.3. The topological polar surface area (TPSA) is 18.5 Å². The third-order valence-electron chi connectivity index (χ3n) is 3.03. The van der Waals surface area contributed by atoms with E-state index >= 15 is 0 Å². The quantitative estimate of drug-likeness (QED) is 0.622. The van der Waals surface area contributed by atoms with Crippen molar-refractivity contribution in [1.29, 1.82) is 0 Å². The molecular weight excluding hydrogens is 263 g/mol. The molecule has 0 saturated carbocycles. The number of ether oxygens (including phenoxy) is 2. The van der Waals surface area contributed by atoms with Crippen molar-refractivity contribution in [3.05, 3.63) is 24.0 Å². The molecule has 2 rings (SSSR count). The zero-order valence-corrected chi connectivity index (χ0v) is 10.3. The van der Waals surface area contributed by atoms with Crippen molar-refractivity contribution < 1.29 is 26.8 Å². The fraction of sp³-hybridized carbons (Fsp3) is 0.500. The Balaban J connectivity index is 1.96. The van der Waals surface area contributed by atoms with Crippen LogP contribution in [0.5, 0.6) is 5.75 Å². The first-order valence-electron chi connectivity index (χ1n) is 6.20. The van der Waals surface area contributed by atoms with Gasteiger partial charge in [0.2, 0.25) is 0 Å². The van der Waals surface area contributed by atoms with Crippen molar-refractivity contribution in [2.24, 2.45) is 0 Å². The summed E-state index contributed by atoms with van der Waals surface area (Å²) in [6.07, 6.45) is 2.83. The predicted molar refractivity (Wildman–Crippen MR) is 64.2 cm³/mol. The van der Waals surface area contributed by atoms with E-state index in [0.717, 1.165) is 31.4 Å². The van der Waals surface area contributed by atoms with Gasteiger partial charge in [0, 0.05) is 12.7 Å². The summed E-state index contributed by atoms with van der Waals surface area (Å²) in [6, 6.07) is 2.62. The van der Waals surface area contributed by atoms with Gasteiger partial charge in [-0.15, -0.1) is 0 Å². The molecule has 106 valence electrons. The van der Waals surface area contributed by atoms with E-state index in [1.54, 1.807) is 0 Å². The molecule has 0 spiro atoms. The fourth-order valence-corrected chi connectivity index (χ4v) is 1.99. The second-order valence-corrected chi connectivity index (χ2v) is 4.56. The standard InChI is InChI=1S/C12H14BF4O2/c14-12-7-9(4-5-11(12)13(15,16)17)19-8-10-3-1-2-6-18-10/h4-5,7,10H,1-3,6,8H2/q-1. The first kappa shape index (κ1) is 14.2. The van der Waals surface area contributed by atoms with Crippen LogP contribution in [0, 0.1) is 5.82 Å². The second kappa shape index (κ2) is 5.82. The molecule has 1 aromatic rings. The van der Waals surface area contributed by atoms with Crippen LogP contribution in [-0.4, -0.2) is 26.3 Å². The van der Waals surface area contributed by atoms with Gasteiger partial charge in [0.25, 0.3) is 0 Å². The monoisotopic (exact) mass is 277 g/mol. The highest BCUT2D eigenvalue weighted by Crippen LogP contribution is 2.19. The van der Waals surface area contributed by atoms with Crippen LogP contribution in [0.1, 0.15) is 19.3 Å². The van der Waals surface area contributed by atoms with Crippen LogP contribution in [0.4, 0.5) is 17.3 Å². The first-order valence-corrected chi connectivity index (χ1v) is 6.20. The van der Waals surface area contributed by atoms with Gasteiger partial charge in [-0.05, 0) is 25.3 Å². The Kier molecular flexibility index (Phi) is 4.34. The molecular formula is C12H14BF4O2-. The number of hydrogen-bond donors (Lipinski definition) is 0. The molecule has 1 saturated heterocycles. The van der Waals surface area contributed by atoms with E-state index in [-0.39, 0.29) is 18.5 Å². The van der Waals surface area contributed by atoms with Crippen molar-refractivity contribution in [1.82, 2.24) is 0 Å². The van der Waals surface area contributed by atoms with Crippen molar-refractivity contribution in [3.63, 3.8) is 0 Å². The van der Waals surface area contributed by atoms with E-state index in [9.17, 15) is 17.3 Å². The highest BCUT2D eigenvalue weighted by molar-refractivity contribution is 6.73. The molecule has 1 aliphatic heterocycles. The van der Waals surface area contributed by atoms with E-state index < -0.39 is 18.3 Å². The molecule has 0 radical (unpaired) electrons. The van der Waals surface area contributed by atoms with Gasteiger partial charge in [0.05, 0.1) is 11.9 Å². The zero-order valence-electron chi connectivity index (χ0n) is 10.3. The molecule has 7 heteroatoms. The van der Waals surface area contributed by atoms with Gasteiger partial charge in [-0.25, -0.2) is 4.39 Å². The lowest BCUT2D eigenvalue weighted by Crippen LogP contribution is -2.36. The maximum Gasteiger partial charge on any atom is 0.512 e. The molecule has 1 unspecified atom stereocenters. The predicted octanol–water partition coefficient (Wildman–Crippen LogP) is 2.83. The normalized spacial score (nSPS) is 20.3. The molecule has 0 amide bonds. The van der Waals surface area contributed by atoms with Crippen LogP contribution in [0.25, 0.3) is 0 Å². The van der Waals surface area contributed by atoms with Crippen molar-refractivity contribution in [2.45, 2.75) is 25.4 Å². The lowest BCUT2D eigenvalue weighted by molar-refractivity contribution is -0.0111. The Labute approximate surface area is 108 Å². The average molecular weight is 277 g/mol. The van der Waals surface area contributed by atoms with Crippen LogP contribution >= 0.6 is 0 Å². The van der Waals surface area contributed by atoms with E-state index in [0.29, 0.717) is 12.7 Å². The summed E-state index contributed by atoms with van der Waals surface area (Å²) in [6.45, 7) is -4.43. The minimum atomic E-state index is -5.33. The molecule has 1 aromatic carbocycles. The Morgan fingerprint density at radius 3 is 2.63 bits per heavy atom. The van der Waals surface area contributed by atoms with Crippen LogP contribution in [0.15, 0.2) is 18.2 Å². The summed E-state index contributed by atoms with van der Waals surface area (Å²) in [5.41, 5.74) is -1.22. The lowest BCUT2D eigenvalue weighted by Gasteiger charge is -2.23. The minimum Gasteiger partial charge on any atom is -0.491 e. The Morgan fingerprint density at radius 1 is 1.26 bits per heavy atom. The molecule has 1 atom stereocenters. The third-order valence-corrected chi connectivity index (χ3v) is 3.03. The van der Waals surface area contributed by atoms with Gasteiger partial charge in [-0.1, -0.05) is 11.5 Å². The van der Waals surface area contributed by atoms with Gasteiger partial charge < -0.3 is 22.4 Å². The van der Waals surface area contributed by atoms with E-state index in [1.165, 1.54) is 0 Å². The molecule has 0 N–H and O–H groups in total. The van der Waals surface area contributed by atoms with Gasteiger partial charge in [0.15, 0.2) is 0 Å². The zero-order chi connectivity index (χ0) is 13.9. The van der Waals surface area contributed by atoms with E-state index in [4.69, 9.17) is 9.47 Å². The van der Waals surface area contributed by atoms with Crippen LogP contribution in [0.2, 0.25) is 0 Å². The van der Waals surface area contributed by atoms with E-state index in [1.807, 2.05) is 0 Å². The van der Waals surface area contributed by atoms with Gasteiger partial charge in [-0.3, -0.25) is 0 Å². The molecule has 1 aliphatic rings. The van der Waals surface area contributed by atoms with Gasteiger partial charge in [-0.2, -0.15) is 0 Å². The number of hydrogen-bond acceptors (Lipinski definition) is 2. The highest BCUT2D eigenvalue weighted by atomic mass is 19.4. The highest BCUT2D eigenvalue weighted by Gasteiger charge is 2.29. The largest absolute Gasteiger partial charge is 0.512 e. The first-order chi connectivity index (χ1) is 8.97. The summed E-state index contributed by atoms with van der Waals surface area (Å²) in [4.78, 5) is 0. The fourth-order valence-electron chi connectivity index (χ4n) is 1.99. The number of benzene rings is 1. The summed E-state index contributed by atoms with van der Waals surface area (Å²) in [5, 5.41) is 0. The smallest absolute Gasteiger partial charge is 0.491 e. The average Bonchev–Trinajstić information content (AvgIpc) is 2.36. The molecule has 0 aromatic heterocycles. The Morgan fingerprint density at radius 2 is 2.05 bits per heavy atom. The number of rotatable bonds is 4. The molecule has 19 heavy (non-hydrogen) atoms. The van der Waals surface area contributed by atoms with Crippen LogP contribution in [-0.2, 0) is 4.74 Å². The molecule has 0 bridgehead atoms. The summed E-state index contributed by atoms with van der Waals surface area (Å²) >= 11 is 0. The molecule has 1 heterocycles. The van der Waals surface area contributed by atoms with Crippen LogP contribution < -0.4 is 10.2 Å². The van der Waals surface area contributed by atoms with Gasteiger partial charge >= 0.3 is 6.98 Å². The second-order valence-electron chi connectivity index (χ2n) is 4.56. The number of halogens is 4. The lowest BCUT2D eigenvalue weighted by atomic mass is 9.80. The van der Waals surface area contributed by atoms with E-state index in [2.05, 4.69) is 0 Å². The third kappa shape index (κ3) is 3.86. The SMILES string of the molecule is Fc1cc(OCC2CCCCO2)ccc1[B-](F)(F)F. The molecule has 1 fully saturated rings. The van der Waals surface area contributed by atoms with Crippen molar-refractivity contribution >= 4 is 12.4 Å². The minimum absolute atomic E-state index is 0.0664. The van der Waals surface area contributed by atoms with Gasteiger partial charge in [0.1, 0.15) is 12.4 Å². The van der Waals surface area contributed by atoms with Crippen molar-refractivity contribution in [2.75, 3.05) is 13.2 Å². The maximum absolute atomic E-state index is 13.3. The Bertz CT molecular complexity index is 430. The summed E-state index contributed by atoms with van der Waals surface area (Å²) in [5.74, 6) is -1.20. The van der Waals surface area contributed by atoms with Crippen LogP contribution in [0.3, 0.4) is 0 Å². The molecule has 0 aliphatic carbocycles. The summed E-state index contributed by atoms with van der Waals surface area (Å²) < 4.78 is 61.2. The molecule has 2 nitrogen and oxygen atoms in total. The summed E-state index contributed by atoms with van der Waals surface area (Å²) in [7, 11) is 0. The Hall–Kier alpha value is -1.24. The van der Waals surface area contributed by atoms with Crippen molar-refractivity contribution in [3.8, 4) is 5.75 Å².